The largest absolute Gasteiger partial charge is 0.393 e. The van der Waals surface area contributed by atoms with Crippen LogP contribution in [0.2, 0.25) is 0 Å². The van der Waals surface area contributed by atoms with Gasteiger partial charge in [0.2, 0.25) is 9.84 Å². The fraction of sp³-hybridized carbons (Fsp3) is 0.895. The van der Waals surface area contributed by atoms with Crippen molar-refractivity contribution in [3.05, 3.63) is 11.6 Å². The Morgan fingerprint density at radius 2 is 1.96 bits per heavy atom. The highest BCUT2D eigenvalue weighted by molar-refractivity contribution is 7.93. The molecule has 0 radical (unpaired) electrons. The van der Waals surface area contributed by atoms with Gasteiger partial charge in [-0.1, -0.05) is 25.5 Å². The lowest BCUT2D eigenvalue weighted by atomic mass is 9.63. The molecule has 0 heterocycles. The first kappa shape index (κ1) is 20.8. The highest BCUT2D eigenvalue weighted by Gasteiger charge is 2.52. The highest BCUT2D eigenvalue weighted by atomic mass is 32.2. The van der Waals surface area contributed by atoms with Gasteiger partial charge < -0.3 is 5.11 Å². The molecular weight excluding hydrogens is 346 g/mol. The minimum Gasteiger partial charge on any atom is -0.393 e. The molecule has 25 heavy (non-hydrogen) atoms. The molecule has 0 bridgehead atoms. The standard InChI is InChI=1S/C19H32F2O3S/c1-13(10-12-19(20,21)25(23,24)17(2,3)4)14-8-9-15-16(22)7-6-11-18(14,15)5/h8,13,15-16,22H,6-7,9-12H2,1-5H3/t13-,15?,16+,18-/m1/s1. The summed E-state index contributed by atoms with van der Waals surface area (Å²) in [5.74, 6) is 0.0545. The van der Waals surface area contributed by atoms with Crippen molar-refractivity contribution in [2.45, 2.75) is 89.2 Å². The van der Waals surface area contributed by atoms with Gasteiger partial charge >= 0.3 is 5.25 Å². The lowest BCUT2D eigenvalue weighted by molar-refractivity contribution is 0.00677. The molecule has 0 amide bonds. The van der Waals surface area contributed by atoms with Crippen molar-refractivity contribution in [1.29, 1.82) is 0 Å². The molecule has 1 fully saturated rings. The van der Waals surface area contributed by atoms with Crippen molar-refractivity contribution >= 4 is 9.84 Å². The van der Waals surface area contributed by atoms with Crippen molar-refractivity contribution in [1.82, 2.24) is 0 Å². The topological polar surface area (TPSA) is 54.4 Å². The van der Waals surface area contributed by atoms with Crippen LogP contribution in [0.4, 0.5) is 8.78 Å². The minimum atomic E-state index is -4.54. The Kier molecular flexibility index (Phi) is 5.49. The van der Waals surface area contributed by atoms with Gasteiger partial charge in [0.1, 0.15) is 0 Å². The maximum atomic E-state index is 14.4. The number of alkyl halides is 2. The van der Waals surface area contributed by atoms with Crippen LogP contribution < -0.4 is 0 Å². The van der Waals surface area contributed by atoms with Crippen molar-refractivity contribution in [2.24, 2.45) is 17.3 Å². The molecule has 3 nitrogen and oxygen atoms in total. The van der Waals surface area contributed by atoms with E-state index in [1.807, 2.05) is 6.92 Å². The summed E-state index contributed by atoms with van der Waals surface area (Å²) in [6.07, 6.45) is 4.73. The highest BCUT2D eigenvalue weighted by Crippen LogP contribution is 2.55. The molecule has 2 rings (SSSR count). The second-order valence-electron chi connectivity index (χ2n) is 9.07. The molecular formula is C19H32F2O3S. The van der Waals surface area contributed by atoms with E-state index in [1.165, 1.54) is 20.8 Å². The monoisotopic (exact) mass is 378 g/mol. The molecule has 0 aliphatic heterocycles. The summed E-state index contributed by atoms with van der Waals surface area (Å²) in [5.41, 5.74) is 0.982. The van der Waals surface area contributed by atoms with Gasteiger partial charge in [0.15, 0.2) is 0 Å². The first-order chi connectivity index (χ1) is 11.2. The second kappa shape index (κ2) is 6.59. The van der Waals surface area contributed by atoms with E-state index in [4.69, 9.17) is 0 Å². The first-order valence-electron chi connectivity index (χ1n) is 9.24. The Labute approximate surface area is 150 Å². The number of halogens is 2. The Morgan fingerprint density at radius 1 is 1.36 bits per heavy atom. The summed E-state index contributed by atoms with van der Waals surface area (Å²) >= 11 is 0. The maximum absolute atomic E-state index is 14.4. The third kappa shape index (κ3) is 3.53. The molecule has 0 aromatic heterocycles. The minimum absolute atomic E-state index is 0.110. The summed E-state index contributed by atoms with van der Waals surface area (Å²) in [7, 11) is -4.54. The Morgan fingerprint density at radius 3 is 2.52 bits per heavy atom. The summed E-state index contributed by atoms with van der Waals surface area (Å²) in [4.78, 5) is 0. The van der Waals surface area contributed by atoms with E-state index in [9.17, 15) is 22.3 Å². The summed E-state index contributed by atoms with van der Waals surface area (Å²) < 4.78 is 51.6. The molecule has 1 saturated carbocycles. The molecule has 1 unspecified atom stereocenters. The molecule has 0 aromatic carbocycles. The fourth-order valence-corrected chi connectivity index (χ4v) is 5.92. The van der Waals surface area contributed by atoms with E-state index in [1.54, 1.807) is 0 Å². The predicted octanol–water partition coefficient (Wildman–Crippen LogP) is 4.71. The average Bonchev–Trinajstić information content (AvgIpc) is 2.82. The number of hydrogen-bond donors (Lipinski definition) is 1. The maximum Gasteiger partial charge on any atom is 0.346 e. The summed E-state index contributed by atoms with van der Waals surface area (Å²) in [6, 6.07) is 0. The van der Waals surface area contributed by atoms with E-state index in [-0.39, 0.29) is 29.8 Å². The number of fused-ring (bicyclic) bond motifs is 1. The van der Waals surface area contributed by atoms with Gasteiger partial charge in [-0.2, -0.15) is 8.78 Å². The quantitative estimate of drug-likeness (QED) is 0.705. The van der Waals surface area contributed by atoms with Crippen LogP contribution >= 0.6 is 0 Å². The number of aliphatic hydroxyl groups is 1. The molecule has 146 valence electrons. The van der Waals surface area contributed by atoms with Crippen LogP contribution in [0, 0.1) is 17.3 Å². The lowest BCUT2D eigenvalue weighted by Gasteiger charge is -2.43. The zero-order valence-corrected chi connectivity index (χ0v) is 16.8. The van der Waals surface area contributed by atoms with Gasteiger partial charge in [-0.05, 0) is 70.1 Å². The number of allylic oxidation sites excluding steroid dienone is 2. The predicted molar refractivity (Wildman–Crippen MR) is 96.2 cm³/mol. The molecule has 0 spiro atoms. The third-order valence-electron chi connectivity index (χ3n) is 6.33. The Bertz CT molecular complexity index is 634. The van der Waals surface area contributed by atoms with E-state index in [2.05, 4.69) is 13.0 Å². The molecule has 2 aliphatic carbocycles. The summed E-state index contributed by atoms with van der Waals surface area (Å²) in [6.45, 7) is 7.97. The van der Waals surface area contributed by atoms with Gasteiger partial charge in [-0.25, -0.2) is 8.42 Å². The molecule has 1 N–H and O–H groups in total. The Balaban J connectivity index is 2.10. The van der Waals surface area contributed by atoms with Crippen LogP contribution in [0.5, 0.6) is 0 Å². The smallest absolute Gasteiger partial charge is 0.346 e. The van der Waals surface area contributed by atoms with Crippen molar-refractivity contribution in [3.63, 3.8) is 0 Å². The molecule has 0 saturated heterocycles. The SMILES string of the molecule is C[C@H](CCC(F)(F)S(=O)(=O)C(C)(C)C)C1=CCC2[C@@H](O)CCC[C@]12C. The first-order valence-corrected chi connectivity index (χ1v) is 10.7. The fourth-order valence-electron chi connectivity index (χ4n) is 4.64. The zero-order chi connectivity index (χ0) is 19.3. The molecule has 6 heteroatoms. The number of hydrogen-bond acceptors (Lipinski definition) is 3. The van der Waals surface area contributed by atoms with Gasteiger partial charge in [-0.15, -0.1) is 0 Å². The Hall–Kier alpha value is -0.490. The van der Waals surface area contributed by atoms with Crippen LogP contribution in [-0.4, -0.2) is 29.6 Å². The van der Waals surface area contributed by atoms with E-state index in [0.717, 1.165) is 31.3 Å². The number of sulfone groups is 1. The zero-order valence-electron chi connectivity index (χ0n) is 16.0. The summed E-state index contributed by atoms with van der Waals surface area (Å²) in [5, 5.41) is 6.55. The normalized spacial score (nSPS) is 32.2. The van der Waals surface area contributed by atoms with Crippen molar-refractivity contribution in [3.8, 4) is 0 Å². The van der Waals surface area contributed by atoms with Crippen LogP contribution in [0.25, 0.3) is 0 Å². The van der Waals surface area contributed by atoms with E-state index in [0.29, 0.717) is 0 Å². The lowest BCUT2D eigenvalue weighted by Crippen LogP contribution is -2.42. The molecule has 2 aliphatic rings. The number of rotatable bonds is 5. The van der Waals surface area contributed by atoms with Crippen LogP contribution in [0.15, 0.2) is 11.6 Å². The molecule has 4 atom stereocenters. The third-order valence-corrected chi connectivity index (χ3v) is 8.93. The van der Waals surface area contributed by atoms with Gasteiger partial charge in [0.25, 0.3) is 0 Å². The van der Waals surface area contributed by atoms with E-state index < -0.39 is 26.3 Å². The molecule has 0 aromatic rings. The van der Waals surface area contributed by atoms with Gasteiger partial charge in [0.05, 0.1) is 10.9 Å². The van der Waals surface area contributed by atoms with Crippen LogP contribution in [0.3, 0.4) is 0 Å². The van der Waals surface area contributed by atoms with Crippen molar-refractivity contribution in [2.75, 3.05) is 0 Å². The van der Waals surface area contributed by atoms with Crippen molar-refractivity contribution < 1.29 is 22.3 Å². The average molecular weight is 379 g/mol. The van der Waals surface area contributed by atoms with E-state index >= 15 is 0 Å². The van der Waals surface area contributed by atoms with Gasteiger partial charge in [0, 0.05) is 6.42 Å². The second-order valence-corrected chi connectivity index (χ2v) is 11.9. The van der Waals surface area contributed by atoms with Crippen LogP contribution in [0.1, 0.15) is 73.1 Å². The van der Waals surface area contributed by atoms with Gasteiger partial charge in [-0.3, -0.25) is 0 Å². The number of aliphatic hydroxyl groups excluding tert-OH is 1. The van der Waals surface area contributed by atoms with Crippen LogP contribution in [-0.2, 0) is 9.84 Å².